The highest BCUT2D eigenvalue weighted by Crippen LogP contribution is 2.26. The zero-order valence-corrected chi connectivity index (χ0v) is 12.7. The summed E-state index contributed by atoms with van der Waals surface area (Å²) in [4.78, 5) is 5.32. The van der Waals surface area contributed by atoms with E-state index in [4.69, 9.17) is 4.74 Å². The van der Waals surface area contributed by atoms with Gasteiger partial charge in [0.25, 0.3) is 0 Å². The molecule has 0 aliphatic carbocycles. The Hall–Kier alpha value is -1.06. The van der Waals surface area contributed by atoms with E-state index in [-0.39, 0.29) is 0 Å². The third kappa shape index (κ3) is 2.99. The zero-order chi connectivity index (χ0) is 13.9. The van der Waals surface area contributed by atoms with Gasteiger partial charge in [-0.2, -0.15) is 0 Å². The van der Waals surface area contributed by atoms with E-state index < -0.39 is 0 Å². The fourth-order valence-electron chi connectivity index (χ4n) is 3.56. The van der Waals surface area contributed by atoms with Gasteiger partial charge in [0.1, 0.15) is 5.75 Å². The van der Waals surface area contributed by atoms with Crippen molar-refractivity contribution in [3.8, 4) is 5.75 Å². The van der Waals surface area contributed by atoms with E-state index in [0.717, 1.165) is 24.9 Å². The summed E-state index contributed by atoms with van der Waals surface area (Å²) in [5, 5.41) is 0. The Bertz CT molecular complexity index is 431. The van der Waals surface area contributed by atoms with Crippen LogP contribution >= 0.6 is 0 Å². The fourth-order valence-corrected chi connectivity index (χ4v) is 3.56. The number of benzene rings is 1. The lowest BCUT2D eigenvalue weighted by atomic mass is 10.1. The maximum atomic E-state index is 5.51. The lowest BCUT2D eigenvalue weighted by Crippen LogP contribution is -2.54. The molecule has 0 unspecified atom stereocenters. The number of fused-ring (bicyclic) bond motifs is 1. The van der Waals surface area contributed by atoms with Gasteiger partial charge in [0.05, 0.1) is 6.61 Å². The lowest BCUT2D eigenvalue weighted by molar-refractivity contribution is 0.0540. The van der Waals surface area contributed by atoms with Crippen molar-refractivity contribution in [1.29, 1.82) is 0 Å². The van der Waals surface area contributed by atoms with Crippen LogP contribution in [0, 0.1) is 0 Å². The Kier molecular flexibility index (Phi) is 4.27. The summed E-state index contributed by atoms with van der Waals surface area (Å²) >= 11 is 0. The molecular weight excluding hydrogens is 248 g/mol. The van der Waals surface area contributed by atoms with E-state index in [1.807, 2.05) is 6.92 Å². The average Bonchev–Trinajstić information content (AvgIpc) is 2.89. The smallest absolute Gasteiger partial charge is 0.119 e. The largest absolute Gasteiger partial charge is 0.494 e. The number of nitrogens with zero attached hydrogens (tertiary/aromatic N) is 2. The molecule has 2 heterocycles. The molecule has 2 aliphatic heterocycles. The van der Waals surface area contributed by atoms with E-state index in [9.17, 15) is 0 Å². The van der Waals surface area contributed by atoms with Gasteiger partial charge in [0.15, 0.2) is 0 Å². The van der Waals surface area contributed by atoms with Gasteiger partial charge in [-0.15, -0.1) is 0 Å². The van der Waals surface area contributed by atoms with Crippen LogP contribution in [0.4, 0.5) is 0 Å². The number of hydrogen-bond acceptors (Lipinski definition) is 3. The quantitative estimate of drug-likeness (QED) is 0.839. The average molecular weight is 274 g/mol. The SMILES string of the molecule is CCOc1ccc(CN2C[C@@H]3CCCN3C[C@@H]2C)cc1. The van der Waals surface area contributed by atoms with Crippen molar-refractivity contribution >= 4 is 0 Å². The third-order valence-electron chi connectivity index (χ3n) is 4.69. The predicted octanol–water partition coefficient (Wildman–Crippen LogP) is 2.75. The Balaban J connectivity index is 1.61. The van der Waals surface area contributed by atoms with Crippen LogP contribution in [0.2, 0.25) is 0 Å². The molecule has 1 aromatic rings. The molecule has 3 nitrogen and oxygen atoms in total. The predicted molar refractivity (Wildman–Crippen MR) is 82.1 cm³/mol. The molecule has 2 fully saturated rings. The maximum absolute atomic E-state index is 5.51. The highest BCUT2D eigenvalue weighted by molar-refractivity contribution is 5.27. The van der Waals surface area contributed by atoms with Crippen LogP contribution in [0.15, 0.2) is 24.3 Å². The van der Waals surface area contributed by atoms with Gasteiger partial charge in [-0.05, 0) is 50.9 Å². The van der Waals surface area contributed by atoms with Crippen LogP contribution in [0.25, 0.3) is 0 Å². The monoisotopic (exact) mass is 274 g/mol. The molecule has 0 amide bonds. The minimum atomic E-state index is 0.663. The van der Waals surface area contributed by atoms with Crippen molar-refractivity contribution in [3.63, 3.8) is 0 Å². The number of piperazine rings is 1. The van der Waals surface area contributed by atoms with E-state index in [1.54, 1.807) is 0 Å². The first-order valence-electron chi connectivity index (χ1n) is 7.96. The molecule has 0 aromatic heterocycles. The molecule has 20 heavy (non-hydrogen) atoms. The molecule has 1 aromatic carbocycles. The van der Waals surface area contributed by atoms with Crippen LogP contribution < -0.4 is 4.74 Å². The molecular formula is C17H26N2O. The number of rotatable bonds is 4. The molecule has 2 saturated heterocycles. The summed E-state index contributed by atoms with van der Waals surface area (Å²) in [5.41, 5.74) is 1.40. The van der Waals surface area contributed by atoms with Crippen molar-refractivity contribution in [2.24, 2.45) is 0 Å². The zero-order valence-electron chi connectivity index (χ0n) is 12.7. The Morgan fingerprint density at radius 3 is 2.75 bits per heavy atom. The summed E-state index contributed by atoms with van der Waals surface area (Å²) < 4.78 is 5.51. The van der Waals surface area contributed by atoms with Gasteiger partial charge in [0, 0.05) is 31.7 Å². The van der Waals surface area contributed by atoms with Crippen LogP contribution in [0.1, 0.15) is 32.3 Å². The van der Waals surface area contributed by atoms with Crippen molar-refractivity contribution < 1.29 is 4.74 Å². The fraction of sp³-hybridized carbons (Fsp3) is 0.647. The molecule has 2 aliphatic rings. The van der Waals surface area contributed by atoms with E-state index in [2.05, 4.69) is 41.0 Å². The summed E-state index contributed by atoms with van der Waals surface area (Å²) in [6, 6.07) is 10.1. The first-order valence-corrected chi connectivity index (χ1v) is 7.96. The van der Waals surface area contributed by atoms with Crippen molar-refractivity contribution in [2.45, 2.75) is 45.3 Å². The normalized spacial score (nSPS) is 27.5. The molecule has 0 spiro atoms. The van der Waals surface area contributed by atoms with Crippen molar-refractivity contribution in [1.82, 2.24) is 9.80 Å². The molecule has 0 radical (unpaired) electrons. The van der Waals surface area contributed by atoms with E-state index in [0.29, 0.717) is 6.04 Å². The highest BCUT2D eigenvalue weighted by Gasteiger charge is 2.34. The molecule has 0 saturated carbocycles. The summed E-state index contributed by atoms with van der Waals surface area (Å²) in [5.74, 6) is 0.977. The Morgan fingerprint density at radius 1 is 1.20 bits per heavy atom. The van der Waals surface area contributed by atoms with Crippen molar-refractivity contribution in [3.05, 3.63) is 29.8 Å². The van der Waals surface area contributed by atoms with Crippen LogP contribution in [0.3, 0.4) is 0 Å². The van der Waals surface area contributed by atoms with Crippen LogP contribution in [0.5, 0.6) is 5.75 Å². The highest BCUT2D eigenvalue weighted by atomic mass is 16.5. The van der Waals surface area contributed by atoms with Gasteiger partial charge in [0.2, 0.25) is 0 Å². The van der Waals surface area contributed by atoms with Gasteiger partial charge in [-0.3, -0.25) is 9.80 Å². The molecule has 110 valence electrons. The standard InChI is InChI=1S/C17H26N2O/c1-3-20-17-8-6-15(7-9-17)12-19-13-16-5-4-10-18(16)11-14(19)2/h6-9,14,16H,3-5,10-13H2,1-2H3/t14-,16-/m0/s1. The first kappa shape index (κ1) is 13.9. The maximum Gasteiger partial charge on any atom is 0.119 e. The molecule has 3 heteroatoms. The summed E-state index contributed by atoms with van der Waals surface area (Å²) in [6.45, 7) is 9.97. The molecule has 0 bridgehead atoms. The minimum Gasteiger partial charge on any atom is -0.494 e. The topological polar surface area (TPSA) is 15.7 Å². The van der Waals surface area contributed by atoms with Gasteiger partial charge in [-0.1, -0.05) is 12.1 Å². The number of ether oxygens (including phenoxy) is 1. The molecule has 2 atom stereocenters. The second-order valence-electron chi connectivity index (χ2n) is 6.15. The van der Waals surface area contributed by atoms with Crippen LogP contribution in [-0.2, 0) is 6.54 Å². The second-order valence-corrected chi connectivity index (χ2v) is 6.15. The molecule has 0 N–H and O–H groups in total. The first-order chi connectivity index (χ1) is 9.76. The summed E-state index contributed by atoms with van der Waals surface area (Å²) in [6.07, 6.45) is 2.76. The van der Waals surface area contributed by atoms with Crippen molar-refractivity contribution in [2.75, 3.05) is 26.2 Å². The third-order valence-corrected chi connectivity index (χ3v) is 4.69. The van der Waals surface area contributed by atoms with E-state index >= 15 is 0 Å². The minimum absolute atomic E-state index is 0.663. The van der Waals surface area contributed by atoms with E-state index in [1.165, 1.54) is 38.0 Å². The van der Waals surface area contributed by atoms with Gasteiger partial charge >= 0.3 is 0 Å². The lowest BCUT2D eigenvalue weighted by Gasteiger charge is -2.42. The van der Waals surface area contributed by atoms with Gasteiger partial charge < -0.3 is 4.74 Å². The Morgan fingerprint density at radius 2 is 2.00 bits per heavy atom. The molecule has 3 rings (SSSR count). The second kappa shape index (κ2) is 6.15. The number of hydrogen-bond donors (Lipinski definition) is 0. The Labute approximate surface area is 122 Å². The van der Waals surface area contributed by atoms with Gasteiger partial charge in [-0.25, -0.2) is 0 Å². The van der Waals surface area contributed by atoms with Crippen LogP contribution in [-0.4, -0.2) is 48.1 Å². The summed E-state index contributed by atoms with van der Waals surface area (Å²) in [7, 11) is 0.